The highest BCUT2D eigenvalue weighted by molar-refractivity contribution is 7.22. The van der Waals surface area contributed by atoms with Gasteiger partial charge in [0.15, 0.2) is 5.13 Å². The van der Waals surface area contributed by atoms with Crippen LogP contribution in [0, 0.1) is 5.92 Å². The SMILES string of the molecule is O=C(NCC1CCN(c2nc3ccccc3s2)CC1)NC1CCCCC1. The van der Waals surface area contributed by atoms with E-state index in [4.69, 9.17) is 4.98 Å². The Hall–Kier alpha value is -1.82. The quantitative estimate of drug-likeness (QED) is 0.848. The van der Waals surface area contributed by atoms with Gasteiger partial charge in [0.05, 0.1) is 10.2 Å². The summed E-state index contributed by atoms with van der Waals surface area (Å²) >= 11 is 1.78. The van der Waals surface area contributed by atoms with E-state index in [-0.39, 0.29) is 6.03 Å². The lowest BCUT2D eigenvalue weighted by atomic mass is 9.95. The number of para-hydroxylation sites is 1. The van der Waals surface area contributed by atoms with Gasteiger partial charge in [-0.1, -0.05) is 42.7 Å². The van der Waals surface area contributed by atoms with E-state index in [1.807, 2.05) is 6.07 Å². The molecule has 0 unspecified atom stereocenters. The lowest BCUT2D eigenvalue weighted by Gasteiger charge is -2.32. The second-order valence-electron chi connectivity index (χ2n) is 7.58. The van der Waals surface area contributed by atoms with Gasteiger partial charge in [-0.3, -0.25) is 0 Å². The van der Waals surface area contributed by atoms with Gasteiger partial charge in [0.2, 0.25) is 0 Å². The molecule has 6 heteroatoms. The second kappa shape index (κ2) is 8.25. The van der Waals surface area contributed by atoms with Crippen molar-refractivity contribution in [3.63, 3.8) is 0 Å². The fourth-order valence-electron chi connectivity index (χ4n) is 4.04. The van der Waals surface area contributed by atoms with Gasteiger partial charge in [0, 0.05) is 25.7 Å². The van der Waals surface area contributed by atoms with Crippen LogP contribution in [0.25, 0.3) is 10.2 Å². The van der Waals surface area contributed by atoms with Gasteiger partial charge < -0.3 is 15.5 Å². The van der Waals surface area contributed by atoms with Crippen molar-refractivity contribution in [1.29, 1.82) is 0 Å². The summed E-state index contributed by atoms with van der Waals surface area (Å²) in [5, 5.41) is 7.37. The molecule has 2 N–H and O–H groups in total. The number of anilines is 1. The zero-order valence-electron chi connectivity index (χ0n) is 15.2. The largest absolute Gasteiger partial charge is 0.348 e. The van der Waals surface area contributed by atoms with Crippen LogP contribution in [-0.2, 0) is 0 Å². The maximum Gasteiger partial charge on any atom is 0.315 e. The van der Waals surface area contributed by atoms with E-state index >= 15 is 0 Å². The van der Waals surface area contributed by atoms with Crippen LogP contribution in [0.15, 0.2) is 24.3 Å². The van der Waals surface area contributed by atoms with Crippen LogP contribution < -0.4 is 15.5 Å². The fourth-order valence-corrected chi connectivity index (χ4v) is 5.06. The van der Waals surface area contributed by atoms with E-state index in [1.54, 1.807) is 11.3 Å². The Morgan fingerprint density at radius 2 is 1.88 bits per heavy atom. The highest BCUT2D eigenvalue weighted by atomic mass is 32.1. The summed E-state index contributed by atoms with van der Waals surface area (Å²) in [6.07, 6.45) is 8.29. The number of amides is 2. The Balaban J connectivity index is 1.21. The number of carbonyl (C=O) groups is 1. The van der Waals surface area contributed by atoms with Gasteiger partial charge >= 0.3 is 6.03 Å². The minimum Gasteiger partial charge on any atom is -0.348 e. The molecule has 0 atom stereocenters. The fraction of sp³-hybridized carbons (Fsp3) is 0.600. The molecule has 1 aliphatic carbocycles. The van der Waals surface area contributed by atoms with Crippen LogP contribution in [0.1, 0.15) is 44.9 Å². The number of piperidine rings is 1. The van der Waals surface area contributed by atoms with Gasteiger partial charge in [0.25, 0.3) is 0 Å². The second-order valence-corrected chi connectivity index (χ2v) is 8.59. The molecule has 1 aromatic heterocycles. The molecule has 1 aromatic carbocycles. The average Bonchev–Trinajstić information content (AvgIpc) is 3.12. The van der Waals surface area contributed by atoms with E-state index < -0.39 is 0 Å². The molecule has 0 radical (unpaired) electrons. The Labute approximate surface area is 159 Å². The zero-order valence-corrected chi connectivity index (χ0v) is 16.1. The van der Waals surface area contributed by atoms with Crippen molar-refractivity contribution in [3.05, 3.63) is 24.3 Å². The van der Waals surface area contributed by atoms with Crippen molar-refractivity contribution < 1.29 is 4.79 Å². The van der Waals surface area contributed by atoms with Crippen LogP contribution in [0.4, 0.5) is 9.93 Å². The molecule has 0 spiro atoms. The molecule has 1 saturated heterocycles. The van der Waals surface area contributed by atoms with E-state index in [1.165, 1.54) is 24.0 Å². The predicted octanol–water partition coefficient (Wildman–Crippen LogP) is 4.14. The standard InChI is InChI=1S/C20H28N4OS/c25-19(22-16-6-2-1-3-7-16)21-14-15-10-12-24(13-11-15)20-23-17-8-4-5-9-18(17)26-20/h4-5,8-9,15-16H,1-3,6-7,10-14H2,(H2,21,22,25). The Kier molecular flexibility index (Phi) is 5.58. The summed E-state index contributed by atoms with van der Waals surface area (Å²) in [7, 11) is 0. The first-order valence-electron chi connectivity index (χ1n) is 9.93. The molecule has 140 valence electrons. The minimum absolute atomic E-state index is 0.0190. The first-order valence-corrected chi connectivity index (χ1v) is 10.7. The molecule has 5 nitrogen and oxygen atoms in total. The molecule has 26 heavy (non-hydrogen) atoms. The van der Waals surface area contributed by atoms with Crippen molar-refractivity contribution in [2.75, 3.05) is 24.5 Å². The number of rotatable bonds is 4. The molecule has 2 aromatic rings. The molecule has 1 saturated carbocycles. The van der Waals surface area contributed by atoms with E-state index in [0.717, 1.165) is 56.0 Å². The first kappa shape index (κ1) is 17.6. The summed E-state index contributed by atoms with van der Waals surface area (Å²) in [4.78, 5) is 19.3. The van der Waals surface area contributed by atoms with Crippen molar-refractivity contribution >= 4 is 32.7 Å². The smallest absolute Gasteiger partial charge is 0.315 e. The minimum atomic E-state index is 0.0190. The van der Waals surface area contributed by atoms with Crippen molar-refractivity contribution in [1.82, 2.24) is 15.6 Å². The molecule has 0 bridgehead atoms. The van der Waals surface area contributed by atoms with Crippen LogP contribution in [0.5, 0.6) is 0 Å². The number of urea groups is 1. The molecule has 2 amide bonds. The normalized spacial score (nSPS) is 19.6. The maximum atomic E-state index is 12.1. The number of nitrogens with one attached hydrogen (secondary N) is 2. The maximum absolute atomic E-state index is 12.1. The Bertz CT molecular complexity index is 699. The van der Waals surface area contributed by atoms with E-state index in [0.29, 0.717) is 12.0 Å². The third-order valence-electron chi connectivity index (χ3n) is 5.66. The third kappa shape index (κ3) is 4.29. The van der Waals surface area contributed by atoms with E-state index in [9.17, 15) is 4.79 Å². The number of fused-ring (bicyclic) bond motifs is 1. The van der Waals surface area contributed by atoms with Crippen LogP contribution in [-0.4, -0.2) is 36.7 Å². The zero-order chi connectivity index (χ0) is 17.8. The topological polar surface area (TPSA) is 57.3 Å². The van der Waals surface area contributed by atoms with E-state index in [2.05, 4.69) is 33.7 Å². The first-order chi connectivity index (χ1) is 12.8. The number of thiazole rings is 1. The van der Waals surface area contributed by atoms with Crippen LogP contribution >= 0.6 is 11.3 Å². The lowest BCUT2D eigenvalue weighted by molar-refractivity contribution is 0.229. The number of hydrogen-bond acceptors (Lipinski definition) is 4. The predicted molar refractivity (Wildman–Crippen MR) is 108 cm³/mol. The number of nitrogens with zero attached hydrogens (tertiary/aromatic N) is 2. The Morgan fingerprint density at radius 3 is 2.65 bits per heavy atom. The van der Waals surface area contributed by atoms with Crippen molar-refractivity contribution in [3.8, 4) is 0 Å². The summed E-state index contributed by atoms with van der Waals surface area (Å²) in [5.74, 6) is 0.567. The molecular formula is C20H28N4OS. The van der Waals surface area contributed by atoms with Crippen molar-refractivity contribution in [2.24, 2.45) is 5.92 Å². The lowest BCUT2D eigenvalue weighted by Crippen LogP contribution is -2.45. The number of hydrogen-bond donors (Lipinski definition) is 2. The third-order valence-corrected chi connectivity index (χ3v) is 6.76. The Morgan fingerprint density at radius 1 is 1.12 bits per heavy atom. The van der Waals surface area contributed by atoms with Gasteiger partial charge in [-0.2, -0.15) is 0 Å². The molecule has 2 fully saturated rings. The van der Waals surface area contributed by atoms with Crippen LogP contribution in [0.3, 0.4) is 0 Å². The number of carbonyl (C=O) groups excluding carboxylic acids is 1. The summed E-state index contributed by atoms with van der Waals surface area (Å²) in [6, 6.07) is 8.73. The van der Waals surface area contributed by atoms with Gasteiger partial charge in [-0.25, -0.2) is 9.78 Å². The molecule has 1 aliphatic heterocycles. The molecule has 2 aliphatic rings. The average molecular weight is 373 g/mol. The van der Waals surface area contributed by atoms with Gasteiger partial charge in [-0.15, -0.1) is 0 Å². The number of aromatic nitrogens is 1. The van der Waals surface area contributed by atoms with Gasteiger partial charge in [0.1, 0.15) is 0 Å². The monoisotopic (exact) mass is 372 g/mol. The summed E-state index contributed by atoms with van der Waals surface area (Å²) < 4.78 is 1.26. The summed E-state index contributed by atoms with van der Waals surface area (Å²) in [6.45, 7) is 2.83. The molecule has 2 heterocycles. The van der Waals surface area contributed by atoms with Crippen molar-refractivity contribution in [2.45, 2.75) is 51.0 Å². The van der Waals surface area contributed by atoms with Crippen LogP contribution in [0.2, 0.25) is 0 Å². The highest BCUT2D eigenvalue weighted by Crippen LogP contribution is 2.31. The van der Waals surface area contributed by atoms with Gasteiger partial charge in [-0.05, 0) is 43.7 Å². The summed E-state index contributed by atoms with van der Waals surface area (Å²) in [5.41, 5.74) is 1.09. The number of benzene rings is 1. The molecular weight excluding hydrogens is 344 g/mol. The highest BCUT2D eigenvalue weighted by Gasteiger charge is 2.22. The molecule has 4 rings (SSSR count).